The monoisotopic (exact) mass is 319 g/mol. The number of rotatable bonds is 2. The molecule has 116 valence electrons. The van der Waals surface area contributed by atoms with Crippen molar-refractivity contribution in [2.24, 2.45) is 0 Å². The second kappa shape index (κ2) is 6.10. The molecule has 5 nitrogen and oxygen atoms in total. The number of para-hydroxylation sites is 1. The van der Waals surface area contributed by atoms with Crippen molar-refractivity contribution in [1.82, 2.24) is 14.7 Å². The van der Waals surface area contributed by atoms with E-state index in [1.807, 2.05) is 36.9 Å². The fourth-order valence-corrected chi connectivity index (χ4v) is 2.95. The number of amides is 1. The van der Waals surface area contributed by atoms with E-state index < -0.39 is 0 Å². The second-order valence-corrected chi connectivity index (χ2v) is 6.00. The molecule has 1 fully saturated rings. The van der Waals surface area contributed by atoms with Crippen molar-refractivity contribution in [2.45, 2.75) is 26.1 Å². The molecule has 2 atom stereocenters. The van der Waals surface area contributed by atoms with Crippen LogP contribution in [0.15, 0.2) is 36.7 Å². The molecule has 0 spiro atoms. The van der Waals surface area contributed by atoms with Gasteiger partial charge < -0.3 is 9.64 Å². The smallest absolute Gasteiger partial charge is 0.257 e. The Kier molecular flexibility index (Phi) is 4.18. The molecule has 2 unspecified atom stereocenters. The van der Waals surface area contributed by atoms with Crippen LogP contribution in [-0.2, 0) is 4.74 Å². The van der Waals surface area contributed by atoms with Gasteiger partial charge in [-0.05, 0) is 26.0 Å². The standard InChI is InChI=1S/C16H18ClN3O2/c1-11-8-19(9-12(2)22-11)16(21)13-7-18-20(10-13)15-6-4-3-5-14(15)17/h3-7,10-12H,8-9H2,1-2H3. The van der Waals surface area contributed by atoms with E-state index in [2.05, 4.69) is 5.10 Å². The van der Waals surface area contributed by atoms with Gasteiger partial charge in [0.25, 0.3) is 5.91 Å². The fraction of sp³-hybridized carbons (Fsp3) is 0.375. The van der Waals surface area contributed by atoms with E-state index in [-0.39, 0.29) is 18.1 Å². The SMILES string of the molecule is CC1CN(C(=O)c2cnn(-c3ccccc3Cl)c2)CC(C)O1. The van der Waals surface area contributed by atoms with Crippen molar-refractivity contribution in [1.29, 1.82) is 0 Å². The number of hydrogen-bond donors (Lipinski definition) is 0. The van der Waals surface area contributed by atoms with E-state index in [0.717, 1.165) is 5.69 Å². The normalized spacial score (nSPS) is 21.9. The molecule has 1 saturated heterocycles. The van der Waals surface area contributed by atoms with E-state index in [0.29, 0.717) is 23.7 Å². The number of halogens is 1. The van der Waals surface area contributed by atoms with Crippen LogP contribution in [0, 0.1) is 0 Å². The molecule has 1 aliphatic heterocycles. The highest BCUT2D eigenvalue weighted by atomic mass is 35.5. The summed E-state index contributed by atoms with van der Waals surface area (Å²) in [6.07, 6.45) is 3.39. The van der Waals surface area contributed by atoms with Gasteiger partial charge in [0, 0.05) is 19.3 Å². The highest BCUT2D eigenvalue weighted by molar-refractivity contribution is 6.32. The summed E-state index contributed by atoms with van der Waals surface area (Å²) in [5.74, 6) is -0.0275. The Labute approximate surface area is 134 Å². The van der Waals surface area contributed by atoms with Gasteiger partial charge in [0.05, 0.1) is 34.7 Å². The molecule has 2 heterocycles. The van der Waals surface area contributed by atoms with Gasteiger partial charge in [0.2, 0.25) is 0 Å². The molecule has 1 aromatic carbocycles. The molecule has 6 heteroatoms. The van der Waals surface area contributed by atoms with Gasteiger partial charge in [0.15, 0.2) is 0 Å². The minimum absolute atomic E-state index is 0.0275. The van der Waals surface area contributed by atoms with Crippen LogP contribution in [0.4, 0.5) is 0 Å². The zero-order chi connectivity index (χ0) is 15.7. The third-order valence-electron chi connectivity index (χ3n) is 3.64. The average molecular weight is 320 g/mol. The topological polar surface area (TPSA) is 47.4 Å². The minimum atomic E-state index is -0.0275. The molecule has 1 aliphatic rings. The zero-order valence-electron chi connectivity index (χ0n) is 12.6. The molecule has 2 aromatic rings. The van der Waals surface area contributed by atoms with Gasteiger partial charge in [0.1, 0.15) is 0 Å². The first kappa shape index (κ1) is 15.1. The molecule has 0 N–H and O–H groups in total. The maximum absolute atomic E-state index is 12.6. The molecule has 0 radical (unpaired) electrons. The van der Waals surface area contributed by atoms with Crippen LogP contribution in [0.5, 0.6) is 0 Å². The summed E-state index contributed by atoms with van der Waals surface area (Å²) in [6, 6.07) is 7.40. The Hall–Kier alpha value is -1.85. The molecule has 3 rings (SSSR count). The lowest BCUT2D eigenvalue weighted by molar-refractivity contribution is -0.0586. The van der Waals surface area contributed by atoms with E-state index in [4.69, 9.17) is 16.3 Å². The summed E-state index contributed by atoms with van der Waals surface area (Å²) >= 11 is 6.16. The van der Waals surface area contributed by atoms with Crippen LogP contribution in [0.1, 0.15) is 24.2 Å². The largest absolute Gasteiger partial charge is 0.372 e. The number of ether oxygens (including phenoxy) is 1. The van der Waals surface area contributed by atoms with E-state index in [1.54, 1.807) is 23.1 Å². The van der Waals surface area contributed by atoms with E-state index in [1.165, 1.54) is 0 Å². The van der Waals surface area contributed by atoms with Crippen LogP contribution >= 0.6 is 11.6 Å². The molecule has 22 heavy (non-hydrogen) atoms. The van der Waals surface area contributed by atoms with Gasteiger partial charge >= 0.3 is 0 Å². The first-order valence-electron chi connectivity index (χ1n) is 7.29. The Morgan fingerprint density at radius 2 is 1.95 bits per heavy atom. The predicted molar refractivity (Wildman–Crippen MR) is 84.5 cm³/mol. The van der Waals surface area contributed by atoms with Crippen LogP contribution < -0.4 is 0 Å². The summed E-state index contributed by atoms with van der Waals surface area (Å²) in [5, 5.41) is 4.85. The van der Waals surface area contributed by atoms with Crippen LogP contribution in [0.3, 0.4) is 0 Å². The average Bonchev–Trinajstić information content (AvgIpc) is 2.95. The van der Waals surface area contributed by atoms with Gasteiger partial charge in [-0.2, -0.15) is 5.10 Å². The maximum atomic E-state index is 12.6. The van der Waals surface area contributed by atoms with E-state index in [9.17, 15) is 4.79 Å². The van der Waals surface area contributed by atoms with Gasteiger partial charge in [-0.15, -0.1) is 0 Å². The molecule has 1 aromatic heterocycles. The summed E-state index contributed by atoms with van der Waals surface area (Å²) in [7, 11) is 0. The van der Waals surface area contributed by atoms with Crippen molar-refractivity contribution in [3.8, 4) is 5.69 Å². The number of nitrogens with zero attached hydrogens (tertiary/aromatic N) is 3. The molecule has 0 bridgehead atoms. The maximum Gasteiger partial charge on any atom is 0.257 e. The third kappa shape index (κ3) is 3.00. The van der Waals surface area contributed by atoms with Crippen LogP contribution in [-0.4, -0.2) is 45.9 Å². The van der Waals surface area contributed by atoms with Gasteiger partial charge in [-0.25, -0.2) is 4.68 Å². The summed E-state index contributed by atoms with van der Waals surface area (Å²) in [5.41, 5.74) is 1.31. The van der Waals surface area contributed by atoms with Crippen LogP contribution in [0.25, 0.3) is 5.69 Å². The fourth-order valence-electron chi connectivity index (χ4n) is 2.73. The summed E-state index contributed by atoms with van der Waals surface area (Å²) < 4.78 is 7.29. The number of benzene rings is 1. The summed E-state index contributed by atoms with van der Waals surface area (Å²) in [4.78, 5) is 14.4. The number of morpholine rings is 1. The lowest BCUT2D eigenvalue weighted by Gasteiger charge is -2.35. The number of hydrogen-bond acceptors (Lipinski definition) is 3. The first-order valence-corrected chi connectivity index (χ1v) is 7.66. The zero-order valence-corrected chi connectivity index (χ0v) is 13.3. The number of carbonyl (C=O) groups excluding carboxylic acids is 1. The Bertz CT molecular complexity index is 676. The number of aromatic nitrogens is 2. The Morgan fingerprint density at radius 3 is 2.64 bits per heavy atom. The van der Waals surface area contributed by atoms with Crippen molar-refractivity contribution in [3.05, 3.63) is 47.2 Å². The first-order chi connectivity index (χ1) is 10.5. The van der Waals surface area contributed by atoms with Crippen molar-refractivity contribution in [3.63, 3.8) is 0 Å². The highest BCUT2D eigenvalue weighted by Crippen LogP contribution is 2.20. The lowest BCUT2D eigenvalue weighted by atomic mass is 10.2. The molecular formula is C16H18ClN3O2. The molecule has 1 amide bonds. The lowest BCUT2D eigenvalue weighted by Crippen LogP contribution is -2.48. The van der Waals surface area contributed by atoms with Gasteiger partial charge in [-0.1, -0.05) is 23.7 Å². The van der Waals surface area contributed by atoms with Crippen molar-refractivity contribution >= 4 is 17.5 Å². The molecule has 0 aliphatic carbocycles. The highest BCUT2D eigenvalue weighted by Gasteiger charge is 2.27. The van der Waals surface area contributed by atoms with Crippen molar-refractivity contribution in [2.75, 3.05) is 13.1 Å². The van der Waals surface area contributed by atoms with E-state index >= 15 is 0 Å². The molecule has 0 saturated carbocycles. The third-order valence-corrected chi connectivity index (χ3v) is 3.96. The second-order valence-electron chi connectivity index (χ2n) is 5.59. The van der Waals surface area contributed by atoms with Gasteiger partial charge in [-0.3, -0.25) is 4.79 Å². The van der Waals surface area contributed by atoms with Crippen LogP contribution in [0.2, 0.25) is 5.02 Å². The molecular weight excluding hydrogens is 302 g/mol. The summed E-state index contributed by atoms with van der Waals surface area (Å²) in [6.45, 7) is 5.15. The van der Waals surface area contributed by atoms with Crippen molar-refractivity contribution < 1.29 is 9.53 Å². The predicted octanol–water partition coefficient (Wildman–Crippen LogP) is 2.78. The number of carbonyl (C=O) groups is 1. The minimum Gasteiger partial charge on any atom is -0.372 e. The Morgan fingerprint density at radius 1 is 1.27 bits per heavy atom. The quantitative estimate of drug-likeness (QED) is 0.855. The Balaban J connectivity index is 1.82.